The molecule has 0 radical (unpaired) electrons. The van der Waals surface area contributed by atoms with E-state index < -0.39 is 11.0 Å². The first-order valence-corrected chi connectivity index (χ1v) is 12.6. The van der Waals surface area contributed by atoms with Crippen molar-refractivity contribution in [1.82, 2.24) is 0 Å². The fourth-order valence-electron chi connectivity index (χ4n) is 1.01. The molecule has 0 aliphatic rings. The van der Waals surface area contributed by atoms with Crippen LogP contribution in [0.4, 0.5) is 0 Å². The van der Waals surface area contributed by atoms with Crippen LogP contribution in [0.25, 0.3) is 0 Å². The number of hydrogen-bond donors (Lipinski definition) is 0. The summed E-state index contributed by atoms with van der Waals surface area (Å²) >= 11 is 2.29. The molecule has 4 heteroatoms. The van der Waals surface area contributed by atoms with E-state index >= 15 is 0 Å². The molecule has 1 aromatic rings. The van der Waals surface area contributed by atoms with Crippen LogP contribution in [0.15, 0.2) is 24.3 Å². The molecular formula is C10H12ClIORu. The van der Waals surface area contributed by atoms with Crippen molar-refractivity contribution in [3.63, 3.8) is 0 Å². The Balaban J connectivity index is 2.97. The first kappa shape index (κ1) is 12.6. The molecular weight excluding hydrogens is 400 g/mol. The summed E-state index contributed by atoms with van der Waals surface area (Å²) in [5, 5.41) is 0. The van der Waals surface area contributed by atoms with E-state index in [0.29, 0.717) is 0 Å². The van der Waals surface area contributed by atoms with Crippen LogP contribution in [0, 0.1) is 0 Å². The average molecular weight is 412 g/mol. The molecule has 0 fully saturated rings. The van der Waals surface area contributed by atoms with Crippen molar-refractivity contribution in [2.24, 2.45) is 0 Å². The summed E-state index contributed by atoms with van der Waals surface area (Å²) in [7, 11) is 4.77. The van der Waals surface area contributed by atoms with E-state index in [1.165, 1.54) is 0 Å². The molecule has 0 spiro atoms. The molecule has 0 saturated carbocycles. The van der Waals surface area contributed by atoms with Gasteiger partial charge in [0.25, 0.3) is 0 Å². The Morgan fingerprint density at radius 3 is 2.64 bits per heavy atom. The maximum absolute atomic E-state index is 6.04. The number of hydrogen-bond acceptors (Lipinski definition) is 1. The van der Waals surface area contributed by atoms with Gasteiger partial charge in [0.1, 0.15) is 0 Å². The molecule has 14 heavy (non-hydrogen) atoms. The van der Waals surface area contributed by atoms with Crippen molar-refractivity contribution in [2.45, 2.75) is 20.0 Å². The number of ether oxygens (including phenoxy) is 1. The summed E-state index contributed by atoms with van der Waals surface area (Å²) in [5.41, 5.74) is 1.12. The standard InChI is InChI=1S/C10H12O.ClH.HI.Ru/c1-8(2)11-10-7-5-4-6-9(10)3;;;/h3-8H,1-2H3;2*1H;/q;;;+2/p-2. The molecule has 80 valence electrons. The van der Waals surface area contributed by atoms with E-state index in [1.807, 2.05) is 38.1 Å². The van der Waals surface area contributed by atoms with Crippen molar-refractivity contribution in [1.29, 1.82) is 0 Å². The van der Waals surface area contributed by atoms with Gasteiger partial charge < -0.3 is 0 Å². The molecule has 1 aromatic carbocycles. The predicted molar refractivity (Wildman–Crippen MR) is 67.2 cm³/mol. The monoisotopic (exact) mass is 412 g/mol. The second kappa shape index (κ2) is 6.19. The van der Waals surface area contributed by atoms with E-state index in [-0.39, 0.29) is 6.10 Å². The third-order valence-corrected chi connectivity index (χ3v) is 4.15. The van der Waals surface area contributed by atoms with Crippen LogP contribution in [-0.2, 0) is 11.0 Å². The molecule has 0 N–H and O–H groups in total. The minimum absolute atomic E-state index is 0.203. The quantitative estimate of drug-likeness (QED) is 0.544. The predicted octanol–water partition coefficient (Wildman–Crippen LogP) is 3.75. The molecule has 0 atom stereocenters. The summed E-state index contributed by atoms with van der Waals surface area (Å²) in [4.78, 5) is 0. The molecule has 0 aliphatic carbocycles. The van der Waals surface area contributed by atoms with Gasteiger partial charge in [-0.2, -0.15) is 0 Å². The van der Waals surface area contributed by atoms with Gasteiger partial charge in [0.15, 0.2) is 0 Å². The molecule has 0 aliphatic heterocycles. The van der Waals surface area contributed by atoms with Gasteiger partial charge in [-0.15, -0.1) is 0 Å². The van der Waals surface area contributed by atoms with Gasteiger partial charge in [-0.05, 0) is 0 Å². The zero-order valence-corrected chi connectivity index (χ0v) is 12.6. The van der Waals surface area contributed by atoms with E-state index in [9.17, 15) is 0 Å². The van der Waals surface area contributed by atoms with Gasteiger partial charge in [-0.3, -0.25) is 0 Å². The SMILES string of the molecule is CC(C)Oc1ccccc1[CH]=[Ru]([Cl])[I]. The summed E-state index contributed by atoms with van der Waals surface area (Å²) in [5.74, 6) is 0.929. The van der Waals surface area contributed by atoms with E-state index in [1.54, 1.807) is 0 Å². The number of halogens is 2. The molecule has 0 saturated heterocycles. The van der Waals surface area contributed by atoms with Crippen molar-refractivity contribution < 1.29 is 15.7 Å². The van der Waals surface area contributed by atoms with Gasteiger partial charge >= 0.3 is 105 Å². The summed E-state index contributed by atoms with van der Waals surface area (Å²) in [6.07, 6.45) is 0.203. The first-order valence-electron chi connectivity index (χ1n) is 4.18. The van der Waals surface area contributed by atoms with Crippen LogP contribution in [-0.4, -0.2) is 10.7 Å². The molecule has 0 aromatic heterocycles. The van der Waals surface area contributed by atoms with Crippen molar-refractivity contribution >= 4 is 34.1 Å². The zero-order chi connectivity index (χ0) is 10.6. The van der Waals surface area contributed by atoms with Crippen LogP contribution in [0.3, 0.4) is 0 Å². The van der Waals surface area contributed by atoms with E-state index in [4.69, 9.17) is 14.4 Å². The van der Waals surface area contributed by atoms with E-state index in [2.05, 4.69) is 24.4 Å². The number of benzene rings is 1. The van der Waals surface area contributed by atoms with Crippen LogP contribution in [0.5, 0.6) is 5.75 Å². The number of para-hydroxylation sites is 1. The zero-order valence-electron chi connectivity index (χ0n) is 7.98. The third-order valence-electron chi connectivity index (χ3n) is 1.47. The Kier molecular flexibility index (Phi) is 5.57. The van der Waals surface area contributed by atoms with Gasteiger partial charge in [-0.25, -0.2) is 0 Å². The maximum atomic E-state index is 6.04. The topological polar surface area (TPSA) is 9.23 Å². The second-order valence-corrected chi connectivity index (χ2v) is 13.8. The fourth-order valence-corrected chi connectivity index (χ4v) is 3.73. The molecule has 0 bridgehead atoms. The van der Waals surface area contributed by atoms with Gasteiger partial charge in [0.05, 0.1) is 0 Å². The fraction of sp³-hybridized carbons (Fsp3) is 0.300. The van der Waals surface area contributed by atoms with E-state index in [0.717, 1.165) is 11.3 Å². The normalized spacial score (nSPS) is 14.5. The van der Waals surface area contributed by atoms with Crippen molar-refractivity contribution in [2.75, 3.05) is 0 Å². The van der Waals surface area contributed by atoms with Crippen molar-refractivity contribution in [3.8, 4) is 5.75 Å². The van der Waals surface area contributed by atoms with Gasteiger partial charge in [0.2, 0.25) is 0 Å². The second-order valence-electron chi connectivity index (χ2n) is 3.01. The summed E-state index contributed by atoms with van der Waals surface area (Å²) < 4.78 is 7.79. The number of rotatable bonds is 3. The summed E-state index contributed by atoms with van der Waals surface area (Å²) in [6.45, 7) is 4.05. The molecule has 0 amide bonds. The first-order chi connectivity index (χ1) is 6.59. The third kappa shape index (κ3) is 4.37. The van der Waals surface area contributed by atoms with Crippen LogP contribution in [0.2, 0.25) is 0 Å². The van der Waals surface area contributed by atoms with Gasteiger partial charge in [0, 0.05) is 0 Å². The minimum atomic E-state index is -1.27. The van der Waals surface area contributed by atoms with Crippen molar-refractivity contribution in [3.05, 3.63) is 29.8 Å². The Hall–Kier alpha value is 0.533. The Morgan fingerprint density at radius 2 is 2.07 bits per heavy atom. The Bertz CT molecular complexity index is 335. The van der Waals surface area contributed by atoms with Crippen LogP contribution in [0.1, 0.15) is 19.4 Å². The molecule has 0 unspecified atom stereocenters. The Morgan fingerprint density at radius 1 is 1.43 bits per heavy atom. The Labute approximate surface area is 104 Å². The molecule has 0 heterocycles. The average Bonchev–Trinajstić information content (AvgIpc) is 2.06. The summed E-state index contributed by atoms with van der Waals surface area (Å²) in [6, 6.07) is 8.01. The van der Waals surface area contributed by atoms with Crippen LogP contribution < -0.4 is 4.74 Å². The van der Waals surface area contributed by atoms with Crippen LogP contribution >= 0.6 is 29.4 Å². The molecule has 1 rings (SSSR count). The molecule has 1 nitrogen and oxygen atoms in total. The van der Waals surface area contributed by atoms with Gasteiger partial charge in [-0.1, -0.05) is 0 Å².